The molecule has 0 radical (unpaired) electrons. The van der Waals surface area contributed by atoms with Gasteiger partial charge in [-0.15, -0.1) is 0 Å². The van der Waals surface area contributed by atoms with Gasteiger partial charge in [-0.25, -0.2) is 12.7 Å². The summed E-state index contributed by atoms with van der Waals surface area (Å²) in [5, 5.41) is 10.5. The second-order valence-electron chi connectivity index (χ2n) is 4.49. The number of hydrogen-bond donors (Lipinski definition) is 1. The molecule has 0 spiro atoms. The van der Waals surface area contributed by atoms with Gasteiger partial charge in [-0.3, -0.25) is 0 Å². The number of nitrogens with zero attached hydrogens (tertiary/aromatic N) is 1. The van der Waals surface area contributed by atoms with Crippen LogP contribution in [-0.4, -0.2) is 37.2 Å². The molecule has 1 rings (SSSR count). The Bertz CT molecular complexity index is 504. The second-order valence-corrected chi connectivity index (χ2v) is 7.09. The number of aliphatic hydroxyl groups excluding tert-OH is 1. The van der Waals surface area contributed by atoms with Gasteiger partial charge in [0.15, 0.2) is 0 Å². The van der Waals surface area contributed by atoms with Gasteiger partial charge < -0.3 is 5.11 Å². The average Bonchev–Trinajstić information content (AvgIpc) is 2.36. The molecule has 19 heavy (non-hydrogen) atoms. The lowest BCUT2D eigenvalue weighted by Gasteiger charge is -2.21. The van der Waals surface area contributed by atoms with Crippen molar-refractivity contribution in [3.63, 3.8) is 0 Å². The first-order valence-corrected chi connectivity index (χ1v) is 8.23. The van der Waals surface area contributed by atoms with Crippen LogP contribution in [0.2, 0.25) is 5.02 Å². The van der Waals surface area contributed by atoms with Crippen LogP contribution in [0.3, 0.4) is 0 Å². The van der Waals surface area contributed by atoms with E-state index in [-0.39, 0.29) is 12.3 Å². The van der Waals surface area contributed by atoms with E-state index in [0.717, 1.165) is 6.42 Å². The zero-order valence-corrected chi connectivity index (χ0v) is 12.8. The Kier molecular flexibility index (Phi) is 6.26. The Labute approximate surface area is 120 Å². The van der Waals surface area contributed by atoms with Crippen LogP contribution in [0.25, 0.3) is 0 Å². The molecule has 1 N–H and O–H groups in total. The van der Waals surface area contributed by atoms with Crippen molar-refractivity contribution < 1.29 is 13.5 Å². The van der Waals surface area contributed by atoms with E-state index in [2.05, 4.69) is 0 Å². The fourth-order valence-electron chi connectivity index (χ4n) is 1.68. The lowest BCUT2D eigenvalue weighted by Crippen LogP contribution is -2.33. The van der Waals surface area contributed by atoms with Gasteiger partial charge in [0, 0.05) is 24.2 Å². The molecule has 0 aliphatic heterocycles. The zero-order valence-electron chi connectivity index (χ0n) is 11.2. The number of hydrogen-bond acceptors (Lipinski definition) is 3. The van der Waals surface area contributed by atoms with E-state index < -0.39 is 16.1 Å². The quantitative estimate of drug-likeness (QED) is 0.842. The molecule has 108 valence electrons. The van der Waals surface area contributed by atoms with Crippen LogP contribution >= 0.6 is 11.6 Å². The van der Waals surface area contributed by atoms with E-state index in [4.69, 9.17) is 11.6 Å². The molecule has 0 bridgehead atoms. The second kappa shape index (κ2) is 7.24. The summed E-state index contributed by atoms with van der Waals surface area (Å²) in [6.07, 6.45) is 0.518. The van der Waals surface area contributed by atoms with E-state index in [0.29, 0.717) is 17.0 Å². The standard InChI is InChI=1S/C13H20ClNO3S/c1-3-4-9-19(17,18)15(2)10-13(16)11-7-5-6-8-12(11)14/h5-8,13,16H,3-4,9-10H2,1-2H3. The van der Waals surface area contributed by atoms with Gasteiger partial charge in [0.1, 0.15) is 0 Å². The van der Waals surface area contributed by atoms with Crippen molar-refractivity contribution in [3.8, 4) is 0 Å². The molecule has 1 unspecified atom stereocenters. The van der Waals surface area contributed by atoms with Crippen molar-refractivity contribution in [1.29, 1.82) is 0 Å². The third-order valence-corrected chi connectivity index (χ3v) is 5.17. The Morgan fingerprint density at radius 2 is 2.00 bits per heavy atom. The average molecular weight is 306 g/mol. The minimum Gasteiger partial charge on any atom is -0.387 e. The molecule has 1 aromatic rings. The summed E-state index contributed by atoms with van der Waals surface area (Å²) in [7, 11) is -1.83. The first-order chi connectivity index (χ1) is 8.88. The fourth-order valence-corrected chi connectivity index (χ4v) is 3.28. The molecule has 4 nitrogen and oxygen atoms in total. The van der Waals surface area contributed by atoms with E-state index in [1.54, 1.807) is 24.3 Å². The Hall–Kier alpha value is -0.620. The minimum atomic E-state index is -3.31. The summed E-state index contributed by atoms with van der Waals surface area (Å²) in [6.45, 7) is 1.95. The first kappa shape index (κ1) is 16.4. The summed E-state index contributed by atoms with van der Waals surface area (Å²) in [5.41, 5.74) is 0.543. The van der Waals surface area contributed by atoms with Crippen molar-refractivity contribution in [2.45, 2.75) is 25.9 Å². The molecule has 0 amide bonds. The Morgan fingerprint density at radius 3 is 2.58 bits per heavy atom. The monoisotopic (exact) mass is 305 g/mol. The molecule has 0 heterocycles. The third kappa shape index (κ3) is 4.76. The molecule has 0 saturated carbocycles. The molecule has 0 aliphatic rings. The van der Waals surface area contributed by atoms with Gasteiger partial charge in [-0.2, -0.15) is 0 Å². The number of benzene rings is 1. The van der Waals surface area contributed by atoms with E-state index >= 15 is 0 Å². The van der Waals surface area contributed by atoms with Crippen molar-refractivity contribution >= 4 is 21.6 Å². The lowest BCUT2D eigenvalue weighted by molar-refractivity contribution is 0.155. The molecule has 6 heteroatoms. The number of sulfonamides is 1. The number of rotatable bonds is 7. The van der Waals surface area contributed by atoms with Crippen LogP contribution in [0.5, 0.6) is 0 Å². The molecule has 1 atom stereocenters. The highest BCUT2D eigenvalue weighted by Gasteiger charge is 2.21. The predicted molar refractivity (Wildman–Crippen MR) is 77.7 cm³/mol. The summed E-state index contributed by atoms with van der Waals surface area (Å²) < 4.78 is 25.0. The van der Waals surface area contributed by atoms with Crippen LogP contribution in [0.15, 0.2) is 24.3 Å². The van der Waals surface area contributed by atoms with Gasteiger partial charge in [0.05, 0.1) is 11.9 Å². The number of aliphatic hydroxyl groups is 1. The van der Waals surface area contributed by atoms with E-state index in [1.807, 2.05) is 6.92 Å². The summed E-state index contributed by atoms with van der Waals surface area (Å²) in [4.78, 5) is 0. The zero-order chi connectivity index (χ0) is 14.5. The highest BCUT2D eigenvalue weighted by atomic mass is 35.5. The maximum absolute atomic E-state index is 11.9. The molecule has 0 aliphatic carbocycles. The minimum absolute atomic E-state index is 0.00970. The highest BCUT2D eigenvalue weighted by Crippen LogP contribution is 2.23. The SMILES string of the molecule is CCCCS(=O)(=O)N(C)CC(O)c1ccccc1Cl. The highest BCUT2D eigenvalue weighted by molar-refractivity contribution is 7.89. The maximum Gasteiger partial charge on any atom is 0.213 e. The predicted octanol–water partition coefficient (Wildman–Crippen LogP) is 2.44. The van der Waals surface area contributed by atoms with Crippen LogP contribution in [0, 0.1) is 0 Å². The van der Waals surface area contributed by atoms with Crippen molar-refractivity contribution in [2.75, 3.05) is 19.3 Å². The van der Waals surface area contributed by atoms with Crippen LogP contribution in [0.4, 0.5) is 0 Å². The topological polar surface area (TPSA) is 57.6 Å². The maximum atomic E-state index is 11.9. The van der Waals surface area contributed by atoms with Gasteiger partial charge in [0.25, 0.3) is 0 Å². The van der Waals surface area contributed by atoms with Gasteiger partial charge in [0.2, 0.25) is 10.0 Å². The van der Waals surface area contributed by atoms with Gasteiger partial charge >= 0.3 is 0 Å². The van der Waals surface area contributed by atoms with E-state index in [1.165, 1.54) is 11.4 Å². The normalized spacial score (nSPS) is 13.7. The van der Waals surface area contributed by atoms with Gasteiger partial charge in [-0.05, 0) is 12.5 Å². The van der Waals surface area contributed by atoms with Crippen molar-refractivity contribution in [1.82, 2.24) is 4.31 Å². The molecule has 0 fully saturated rings. The van der Waals surface area contributed by atoms with Gasteiger partial charge in [-0.1, -0.05) is 43.1 Å². The van der Waals surface area contributed by atoms with Crippen LogP contribution < -0.4 is 0 Å². The summed E-state index contributed by atoms with van der Waals surface area (Å²) >= 11 is 5.97. The molecule has 0 aromatic heterocycles. The molecule has 0 saturated heterocycles. The fraction of sp³-hybridized carbons (Fsp3) is 0.538. The molecular weight excluding hydrogens is 286 g/mol. The van der Waals surface area contributed by atoms with Crippen LogP contribution in [0.1, 0.15) is 31.4 Å². The smallest absolute Gasteiger partial charge is 0.213 e. The summed E-state index contributed by atoms with van der Waals surface area (Å²) in [5.74, 6) is 0.106. The number of unbranched alkanes of at least 4 members (excludes halogenated alkanes) is 1. The molecule has 1 aromatic carbocycles. The lowest BCUT2D eigenvalue weighted by atomic mass is 10.1. The van der Waals surface area contributed by atoms with Crippen molar-refractivity contribution in [2.24, 2.45) is 0 Å². The number of halogens is 1. The van der Waals surface area contributed by atoms with Crippen molar-refractivity contribution in [3.05, 3.63) is 34.9 Å². The third-order valence-electron chi connectivity index (χ3n) is 2.92. The largest absolute Gasteiger partial charge is 0.387 e. The van der Waals surface area contributed by atoms with E-state index in [9.17, 15) is 13.5 Å². The Morgan fingerprint density at radius 1 is 1.37 bits per heavy atom. The van der Waals surface area contributed by atoms with Crippen LogP contribution in [-0.2, 0) is 10.0 Å². The Balaban J connectivity index is 2.72. The number of likely N-dealkylation sites (N-methyl/N-ethyl adjacent to an activating group) is 1. The first-order valence-electron chi connectivity index (χ1n) is 6.25. The summed E-state index contributed by atoms with van der Waals surface area (Å²) in [6, 6.07) is 6.89. The molecular formula is C13H20ClNO3S.